The molecule has 1 unspecified atom stereocenters. The summed E-state index contributed by atoms with van der Waals surface area (Å²) in [4.78, 5) is 0. The molecule has 5 nitrogen and oxygen atoms in total. The molecule has 0 aliphatic carbocycles. The van der Waals surface area contributed by atoms with Crippen LogP contribution in [0.3, 0.4) is 0 Å². The summed E-state index contributed by atoms with van der Waals surface area (Å²) in [7, 11) is -5.84. The molecule has 0 saturated heterocycles. The maximum Gasteiger partial charge on any atom is 0.522 e. The van der Waals surface area contributed by atoms with Gasteiger partial charge in [0, 0.05) is 6.26 Å². The molecule has 0 bridgehead atoms. The van der Waals surface area contributed by atoms with Crippen molar-refractivity contribution >= 4 is 21.2 Å². The molecule has 1 aromatic carbocycles. The zero-order valence-corrected chi connectivity index (χ0v) is 12.2. The smallest absolute Gasteiger partial charge is 0.286 e. The molecular weight excluding hydrogens is 321 g/mol. The van der Waals surface area contributed by atoms with E-state index in [0.29, 0.717) is 6.61 Å². The van der Waals surface area contributed by atoms with Crippen molar-refractivity contribution < 1.29 is 34.5 Å². The highest BCUT2D eigenvalue weighted by Gasteiger charge is 2.44. The Balaban J connectivity index is 0.000000396. The van der Waals surface area contributed by atoms with Gasteiger partial charge < -0.3 is 0 Å². The summed E-state index contributed by atoms with van der Waals surface area (Å²) >= 11 is -1.17. The van der Waals surface area contributed by atoms with Gasteiger partial charge in [-0.05, 0) is 18.1 Å². The van der Waals surface area contributed by atoms with Crippen LogP contribution in [0.5, 0.6) is 0 Å². The summed E-state index contributed by atoms with van der Waals surface area (Å²) in [5.41, 5.74) is -3.27. The highest BCUT2D eigenvalue weighted by molar-refractivity contribution is 7.86. The molecule has 1 atom stereocenters. The van der Waals surface area contributed by atoms with Gasteiger partial charge in [0.05, 0.1) is 6.61 Å². The van der Waals surface area contributed by atoms with E-state index in [-0.39, 0.29) is 0 Å². The van der Waals surface area contributed by atoms with Crippen LogP contribution >= 0.6 is 0 Å². The Hall–Kier alpha value is -0.970. The van der Waals surface area contributed by atoms with Crippen LogP contribution in [-0.2, 0) is 32.0 Å². The Morgan fingerprint density at radius 2 is 1.75 bits per heavy atom. The zero-order valence-electron chi connectivity index (χ0n) is 10.5. The first-order valence-electron chi connectivity index (χ1n) is 5.00. The van der Waals surface area contributed by atoms with Crippen LogP contribution in [-0.4, -0.2) is 28.9 Å². The number of alkyl halides is 3. The molecule has 0 radical (unpaired) electrons. The maximum absolute atomic E-state index is 10.7. The van der Waals surface area contributed by atoms with Gasteiger partial charge in [-0.1, -0.05) is 24.3 Å². The lowest BCUT2D eigenvalue weighted by molar-refractivity contribution is -0.0510. The van der Waals surface area contributed by atoms with Crippen LogP contribution in [0.4, 0.5) is 13.2 Å². The van der Waals surface area contributed by atoms with Crippen molar-refractivity contribution in [2.45, 2.75) is 19.0 Å². The van der Waals surface area contributed by atoms with Crippen LogP contribution in [0.1, 0.15) is 11.1 Å². The predicted molar refractivity (Wildman–Crippen MR) is 67.6 cm³/mol. The number of hydrogen-bond acceptors (Lipinski definition) is 4. The Morgan fingerprint density at radius 1 is 1.30 bits per heavy atom. The van der Waals surface area contributed by atoms with Crippen molar-refractivity contribution in [3.05, 3.63) is 35.4 Å². The predicted octanol–water partition coefficient (Wildman–Crippen LogP) is 2.20. The minimum absolute atomic E-state index is 0.426. The van der Waals surface area contributed by atoms with E-state index in [0.717, 1.165) is 5.56 Å². The third-order valence-corrected chi connectivity index (χ3v) is 2.97. The van der Waals surface area contributed by atoms with Gasteiger partial charge >= 0.3 is 15.6 Å². The van der Waals surface area contributed by atoms with Crippen LogP contribution in [0, 0.1) is 6.92 Å². The number of rotatable bonds is 3. The molecule has 1 N–H and O–H groups in total. The van der Waals surface area contributed by atoms with E-state index in [9.17, 15) is 17.4 Å². The van der Waals surface area contributed by atoms with Crippen molar-refractivity contribution in [2.24, 2.45) is 0 Å². The Kier molecular flexibility index (Phi) is 7.34. The molecule has 1 aromatic rings. The average molecular weight is 334 g/mol. The Morgan fingerprint density at radius 3 is 2.10 bits per heavy atom. The molecule has 0 fully saturated rings. The standard InChI is InChI=1S/C9H12O2S.CHF3O3S/c1-8-5-3-4-6-9(8)7-11-12(2)10;2-1(3,4)8(5,6)7/h3-6H,7H2,1-2H3;(H,5,6,7). The van der Waals surface area contributed by atoms with Crippen molar-refractivity contribution in [1.29, 1.82) is 0 Å². The molecule has 0 aliphatic rings. The largest absolute Gasteiger partial charge is 0.522 e. The summed E-state index contributed by atoms with van der Waals surface area (Å²) < 4.78 is 73.1. The minimum Gasteiger partial charge on any atom is -0.286 e. The first-order chi connectivity index (χ1) is 8.95. The molecule has 0 aliphatic heterocycles. The van der Waals surface area contributed by atoms with E-state index in [1.54, 1.807) is 0 Å². The molecule has 10 heteroatoms. The van der Waals surface area contributed by atoms with Crippen LogP contribution in [0.2, 0.25) is 0 Å². The first-order valence-corrected chi connectivity index (χ1v) is 7.92. The van der Waals surface area contributed by atoms with E-state index in [4.69, 9.17) is 17.2 Å². The first kappa shape index (κ1) is 19.0. The monoisotopic (exact) mass is 334 g/mol. The Labute approximate surface area is 117 Å². The zero-order chi connectivity index (χ0) is 16.0. The summed E-state index contributed by atoms with van der Waals surface area (Å²) in [5, 5.41) is 0. The fourth-order valence-electron chi connectivity index (χ4n) is 0.918. The molecular formula is C10H13F3O5S2. The molecule has 0 heterocycles. The van der Waals surface area contributed by atoms with Crippen molar-refractivity contribution in [1.82, 2.24) is 0 Å². The van der Waals surface area contributed by atoms with Gasteiger partial charge in [-0.15, -0.1) is 0 Å². The van der Waals surface area contributed by atoms with Gasteiger partial charge in [0.25, 0.3) is 0 Å². The molecule has 0 spiro atoms. The lowest BCUT2D eigenvalue weighted by atomic mass is 10.1. The summed E-state index contributed by atoms with van der Waals surface area (Å²) in [6.45, 7) is 2.44. The van der Waals surface area contributed by atoms with Crippen molar-refractivity contribution in [3.8, 4) is 0 Å². The topological polar surface area (TPSA) is 80.7 Å². The molecule has 1 rings (SSSR count). The number of aryl methyl sites for hydroxylation is 1. The van der Waals surface area contributed by atoms with Crippen molar-refractivity contribution in [2.75, 3.05) is 6.26 Å². The normalized spacial score (nSPS) is 13.3. The molecule has 0 aromatic heterocycles. The third-order valence-electron chi connectivity index (χ3n) is 1.93. The fraction of sp³-hybridized carbons (Fsp3) is 0.400. The molecule has 0 amide bonds. The average Bonchev–Trinajstić information content (AvgIpc) is 2.26. The highest BCUT2D eigenvalue weighted by atomic mass is 32.2. The fourth-order valence-corrected chi connectivity index (χ4v) is 1.21. The molecule has 116 valence electrons. The number of halogens is 3. The van der Waals surface area contributed by atoms with Gasteiger partial charge in [0.15, 0.2) is 11.1 Å². The van der Waals surface area contributed by atoms with Gasteiger partial charge in [-0.2, -0.15) is 21.6 Å². The van der Waals surface area contributed by atoms with E-state index in [2.05, 4.69) is 0 Å². The second-order valence-corrected chi connectivity index (χ2v) is 5.96. The SMILES string of the molecule is Cc1ccccc1COS(C)=O.O=S(=O)(O)C(F)(F)F. The molecule has 20 heavy (non-hydrogen) atoms. The quantitative estimate of drug-likeness (QED) is 0.677. The van der Waals surface area contributed by atoms with Crippen LogP contribution < -0.4 is 0 Å². The van der Waals surface area contributed by atoms with E-state index in [1.165, 1.54) is 11.8 Å². The summed E-state index contributed by atoms with van der Waals surface area (Å²) in [5.74, 6) is 0. The lowest BCUT2D eigenvalue weighted by Gasteiger charge is -2.03. The Bertz CT molecular complexity index is 554. The number of benzene rings is 1. The van der Waals surface area contributed by atoms with Gasteiger partial charge in [-0.3, -0.25) is 8.74 Å². The van der Waals surface area contributed by atoms with Gasteiger partial charge in [0.2, 0.25) is 0 Å². The lowest BCUT2D eigenvalue weighted by Crippen LogP contribution is -2.21. The van der Waals surface area contributed by atoms with Gasteiger partial charge in [0.1, 0.15) is 0 Å². The summed E-state index contributed by atoms with van der Waals surface area (Å²) in [6, 6.07) is 7.91. The summed E-state index contributed by atoms with van der Waals surface area (Å²) in [6.07, 6.45) is 1.53. The third kappa shape index (κ3) is 7.58. The second-order valence-electron chi connectivity index (χ2n) is 3.51. The van der Waals surface area contributed by atoms with Crippen molar-refractivity contribution in [3.63, 3.8) is 0 Å². The number of hydrogen-bond donors (Lipinski definition) is 1. The van der Waals surface area contributed by atoms with Crippen LogP contribution in [0.15, 0.2) is 24.3 Å². The van der Waals surface area contributed by atoms with E-state index >= 15 is 0 Å². The van der Waals surface area contributed by atoms with E-state index in [1.807, 2.05) is 31.2 Å². The second kappa shape index (κ2) is 7.72. The van der Waals surface area contributed by atoms with Gasteiger partial charge in [-0.25, -0.2) is 4.21 Å². The molecule has 0 saturated carbocycles. The van der Waals surface area contributed by atoms with Crippen LogP contribution in [0.25, 0.3) is 0 Å². The maximum atomic E-state index is 10.7. The van der Waals surface area contributed by atoms with E-state index < -0.39 is 26.7 Å². The highest BCUT2D eigenvalue weighted by Crippen LogP contribution is 2.20. The minimum atomic E-state index is -5.84.